The zero-order valence-electron chi connectivity index (χ0n) is 22.5. The molecule has 1 saturated heterocycles. The number of anilines is 1. The van der Waals surface area contributed by atoms with E-state index in [9.17, 15) is 14.4 Å². The molecule has 3 aromatic rings. The molecule has 0 spiro atoms. The summed E-state index contributed by atoms with van der Waals surface area (Å²) in [5, 5.41) is 7.52. The number of carbonyl (C=O) groups is 3. The molecule has 0 bridgehead atoms. The van der Waals surface area contributed by atoms with Gasteiger partial charge in [0.15, 0.2) is 17.2 Å². The van der Waals surface area contributed by atoms with E-state index >= 15 is 0 Å². The van der Waals surface area contributed by atoms with Crippen LogP contribution in [0.3, 0.4) is 0 Å². The molecule has 5 rings (SSSR count). The number of aryl methyl sites for hydroxylation is 1. The number of esters is 1. The maximum absolute atomic E-state index is 13.2. The van der Waals surface area contributed by atoms with Gasteiger partial charge in [-0.1, -0.05) is 12.2 Å². The number of hydrogen-bond donors (Lipinski definition) is 1. The quantitative estimate of drug-likeness (QED) is 0.452. The largest absolute Gasteiger partial charge is 0.493 e. The van der Waals surface area contributed by atoms with Crippen molar-refractivity contribution in [1.82, 2.24) is 14.7 Å². The lowest BCUT2D eigenvalue weighted by Gasteiger charge is -2.37. The van der Waals surface area contributed by atoms with Crippen LogP contribution in [0.4, 0.5) is 5.69 Å². The molecule has 0 unspecified atom stereocenters. The number of methoxy groups -OCH3 is 3. The van der Waals surface area contributed by atoms with E-state index in [0.717, 1.165) is 23.4 Å². The topological polar surface area (TPSA) is 112 Å². The lowest BCUT2D eigenvalue weighted by Crippen LogP contribution is -2.53. The van der Waals surface area contributed by atoms with E-state index in [1.165, 1.54) is 7.11 Å². The van der Waals surface area contributed by atoms with E-state index in [0.29, 0.717) is 42.3 Å². The van der Waals surface area contributed by atoms with Gasteiger partial charge in [0.1, 0.15) is 0 Å². The van der Waals surface area contributed by atoms with Crippen molar-refractivity contribution in [2.24, 2.45) is 5.92 Å². The normalized spacial score (nSPS) is 16.8. The van der Waals surface area contributed by atoms with Crippen molar-refractivity contribution in [2.75, 3.05) is 39.7 Å². The minimum absolute atomic E-state index is 0.171. The first-order valence-electron chi connectivity index (χ1n) is 12.9. The summed E-state index contributed by atoms with van der Waals surface area (Å²) in [5.74, 6) is 0.100. The second-order valence-corrected chi connectivity index (χ2v) is 9.48. The Bertz CT molecular complexity index is 1500. The third-order valence-electron chi connectivity index (χ3n) is 6.97. The van der Waals surface area contributed by atoms with E-state index < -0.39 is 0 Å². The van der Waals surface area contributed by atoms with Crippen molar-refractivity contribution in [3.63, 3.8) is 0 Å². The molecule has 3 heterocycles. The maximum Gasteiger partial charge on any atom is 0.312 e. The fourth-order valence-corrected chi connectivity index (χ4v) is 4.72. The van der Waals surface area contributed by atoms with E-state index in [2.05, 4.69) is 16.5 Å². The smallest absolute Gasteiger partial charge is 0.312 e. The predicted octanol–water partition coefficient (Wildman–Crippen LogP) is 3.79. The van der Waals surface area contributed by atoms with Gasteiger partial charge in [-0.25, -0.2) is 4.68 Å². The first-order chi connectivity index (χ1) is 19.4. The van der Waals surface area contributed by atoms with Gasteiger partial charge < -0.3 is 24.4 Å². The van der Waals surface area contributed by atoms with Gasteiger partial charge >= 0.3 is 5.97 Å². The van der Waals surface area contributed by atoms with Gasteiger partial charge in [-0.15, -0.1) is 0 Å². The van der Waals surface area contributed by atoms with Crippen LogP contribution in [-0.2, 0) is 16.0 Å². The Morgan fingerprint density at radius 3 is 2.40 bits per heavy atom. The van der Waals surface area contributed by atoms with Crippen LogP contribution in [0.2, 0.25) is 0 Å². The summed E-state index contributed by atoms with van der Waals surface area (Å²) in [6.45, 7) is 0.675. The molecule has 2 aliphatic rings. The van der Waals surface area contributed by atoms with Crippen LogP contribution in [0.25, 0.3) is 5.70 Å². The number of hydrogen-bond acceptors (Lipinski definition) is 7. The summed E-state index contributed by atoms with van der Waals surface area (Å²) >= 11 is 0. The average molecular weight is 543 g/mol. The highest BCUT2D eigenvalue weighted by molar-refractivity contribution is 6.03. The molecular weight excluding hydrogens is 512 g/mol. The number of carbonyl (C=O) groups excluding carboxylic acids is 3. The zero-order valence-corrected chi connectivity index (χ0v) is 22.5. The minimum atomic E-state index is -0.360. The summed E-state index contributed by atoms with van der Waals surface area (Å²) in [5.41, 5.74) is 3.85. The molecular formula is C30H30N4O6. The maximum atomic E-state index is 13.2. The molecule has 2 aromatic carbocycles. The SMILES string of the molecule is COC(=O)C1CN(C(=O)c2ccc(NC(=O)c3cc4n(n3)/C(c3ccc(OC)c(OC)c3)=C\C=C/CC4)cc2)C1. The summed E-state index contributed by atoms with van der Waals surface area (Å²) in [4.78, 5) is 39.0. The molecule has 0 atom stereocenters. The lowest BCUT2D eigenvalue weighted by molar-refractivity contribution is -0.149. The van der Waals surface area contributed by atoms with Crippen LogP contribution in [0.15, 0.2) is 66.8 Å². The highest BCUT2D eigenvalue weighted by Crippen LogP contribution is 2.32. The fraction of sp³-hybridized carbons (Fsp3) is 0.267. The molecule has 1 aromatic heterocycles. The molecule has 40 heavy (non-hydrogen) atoms. The molecule has 0 aliphatic carbocycles. The monoisotopic (exact) mass is 542 g/mol. The number of aromatic nitrogens is 2. The molecule has 0 saturated carbocycles. The Labute approximate surface area is 231 Å². The Morgan fingerprint density at radius 1 is 0.950 bits per heavy atom. The first-order valence-corrected chi connectivity index (χ1v) is 12.9. The van der Waals surface area contributed by atoms with Gasteiger partial charge in [0.2, 0.25) is 0 Å². The van der Waals surface area contributed by atoms with E-state index in [1.54, 1.807) is 54.1 Å². The van der Waals surface area contributed by atoms with Crippen molar-refractivity contribution in [3.8, 4) is 11.5 Å². The molecule has 2 amide bonds. The second-order valence-electron chi connectivity index (χ2n) is 9.48. The highest BCUT2D eigenvalue weighted by Gasteiger charge is 2.36. The van der Waals surface area contributed by atoms with Gasteiger partial charge in [-0.2, -0.15) is 5.10 Å². The van der Waals surface area contributed by atoms with Crippen molar-refractivity contribution in [3.05, 3.63) is 89.3 Å². The molecule has 206 valence electrons. The molecule has 10 nitrogen and oxygen atoms in total. The second kappa shape index (κ2) is 11.5. The van der Waals surface area contributed by atoms with Crippen LogP contribution < -0.4 is 14.8 Å². The van der Waals surface area contributed by atoms with E-state index in [-0.39, 0.29) is 29.4 Å². The Morgan fingerprint density at radius 2 is 1.70 bits per heavy atom. The van der Waals surface area contributed by atoms with Gasteiger partial charge in [0.25, 0.3) is 11.8 Å². The molecule has 1 fully saturated rings. The fourth-order valence-electron chi connectivity index (χ4n) is 4.72. The summed E-state index contributed by atoms with van der Waals surface area (Å²) in [6.07, 6.45) is 7.55. The Hall–Kier alpha value is -4.86. The van der Waals surface area contributed by atoms with Crippen LogP contribution in [0.1, 0.15) is 38.5 Å². The van der Waals surface area contributed by atoms with Crippen LogP contribution in [0.5, 0.6) is 11.5 Å². The number of nitrogens with one attached hydrogen (secondary N) is 1. The number of rotatable bonds is 7. The highest BCUT2D eigenvalue weighted by atomic mass is 16.5. The minimum Gasteiger partial charge on any atom is -0.493 e. The van der Waals surface area contributed by atoms with Crippen molar-refractivity contribution in [2.45, 2.75) is 12.8 Å². The predicted molar refractivity (Wildman–Crippen MR) is 148 cm³/mol. The standard InChI is InChI=1S/C30H30N4O6/c1-38-26-14-11-20(15-27(26)39-2)25-8-6-4-5-7-23-16-24(32-34(23)25)28(35)31-22-12-9-19(10-13-22)29(36)33-17-21(18-33)30(37)40-3/h4,6,8-16,21H,5,7,17-18H2,1-3H3,(H,31,35)/b6-4-,25-8-. The van der Waals surface area contributed by atoms with E-state index in [4.69, 9.17) is 14.2 Å². The number of likely N-dealkylation sites (tertiary alicyclic amines) is 1. The number of fused-ring (bicyclic) bond motifs is 1. The molecule has 1 N–H and O–H groups in total. The molecule has 0 radical (unpaired) electrons. The molecule has 2 aliphatic heterocycles. The van der Waals surface area contributed by atoms with Crippen LogP contribution in [0, 0.1) is 5.92 Å². The first kappa shape index (κ1) is 26.7. The van der Waals surface area contributed by atoms with Crippen LogP contribution in [-0.4, -0.2) is 66.9 Å². The van der Waals surface area contributed by atoms with E-state index in [1.807, 2.05) is 30.4 Å². The number of nitrogens with zero attached hydrogens (tertiary/aromatic N) is 3. The van der Waals surface area contributed by atoms with Gasteiger partial charge in [0, 0.05) is 35.6 Å². The number of allylic oxidation sites excluding steroid dienone is 3. The third-order valence-corrected chi connectivity index (χ3v) is 6.97. The van der Waals surface area contributed by atoms with Crippen molar-refractivity contribution in [1.29, 1.82) is 0 Å². The number of benzene rings is 2. The van der Waals surface area contributed by atoms with Crippen molar-refractivity contribution < 1.29 is 28.6 Å². The average Bonchev–Trinajstić information content (AvgIpc) is 3.35. The lowest BCUT2D eigenvalue weighted by atomic mass is 9.99. The number of ether oxygens (including phenoxy) is 3. The van der Waals surface area contributed by atoms with Gasteiger partial charge in [-0.3, -0.25) is 14.4 Å². The summed E-state index contributed by atoms with van der Waals surface area (Å²) < 4.78 is 17.4. The third kappa shape index (κ3) is 5.33. The zero-order chi connectivity index (χ0) is 28.2. The van der Waals surface area contributed by atoms with Gasteiger partial charge in [0.05, 0.1) is 32.9 Å². The van der Waals surface area contributed by atoms with Crippen LogP contribution >= 0.6 is 0 Å². The van der Waals surface area contributed by atoms with Gasteiger partial charge in [-0.05, 0) is 67.4 Å². The Balaban J connectivity index is 1.31. The summed E-state index contributed by atoms with van der Waals surface area (Å²) in [6, 6.07) is 14.1. The Kier molecular flexibility index (Phi) is 7.68. The number of amides is 2. The molecule has 10 heteroatoms. The van der Waals surface area contributed by atoms with Crippen molar-refractivity contribution >= 4 is 29.2 Å². The summed E-state index contributed by atoms with van der Waals surface area (Å²) in [7, 11) is 4.52.